The van der Waals surface area contributed by atoms with Crippen LogP contribution in [0.3, 0.4) is 0 Å². The molecular weight excluding hydrogens is 258 g/mol. The number of hydrogen-bond acceptors (Lipinski definition) is 2. The van der Waals surface area contributed by atoms with Crippen molar-refractivity contribution in [1.82, 2.24) is 5.32 Å². The Kier molecular flexibility index (Phi) is 5.53. The first-order chi connectivity index (χ1) is 9.20. The third-order valence-corrected chi connectivity index (χ3v) is 4.54. The fourth-order valence-corrected chi connectivity index (χ4v) is 3.20. The molecule has 1 aliphatic carbocycles. The average Bonchev–Trinajstić information content (AvgIpc) is 2.41. The molecule has 0 saturated heterocycles. The van der Waals surface area contributed by atoms with E-state index in [9.17, 15) is 0 Å². The minimum absolute atomic E-state index is 0.688. The van der Waals surface area contributed by atoms with E-state index in [4.69, 9.17) is 16.3 Å². The normalized spacial score (nSPS) is 23.3. The molecule has 1 saturated carbocycles. The Labute approximate surface area is 121 Å². The molecule has 1 aromatic carbocycles. The summed E-state index contributed by atoms with van der Waals surface area (Å²) >= 11 is 6.13. The van der Waals surface area contributed by atoms with E-state index in [2.05, 4.69) is 18.3 Å². The van der Waals surface area contributed by atoms with Gasteiger partial charge in [0, 0.05) is 6.54 Å². The van der Waals surface area contributed by atoms with Crippen molar-refractivity contribution in [2.45, 2.75) is 39.2 Å². The van der Waals surface area contributed by atoms with Gasteiger partial charge in [0.1, 0.15) is 5.75 Å². The summed E-state index contributed by atoms with van der Waals surface area (Å²) in [5.41, 5.74) is 1.22. The molecule has 3 heteroatoms. The third kappa shape index (κ3) is 4.12. The molecule has 106 valence electrons. The van der Waals surface area contributed by atoms with Gasteiger partial charge in [0.25, 0.3) is 0 Å². The maximum Gasteiger partial charge on any atom is 0.137 e. The van der Waals surface area contributed by atoms with Crippen LogP contribution in [0.1, 0.15) is 38.2 Å². The molecule has 2 unspecified atom stereocenters. The van der Waals surface area contributed by atoms with Gasteiger partial charge < -0.3 is 10.1 Å². The molecule has 0 aliphatic heterocycles. The Hall–Kier alpha value is -0.730. The number of rotatable bonds is 5. The zero-order valence-electron chi connectivity index (χ0n) is 11.9. The first-order valence-electron chi connectivity index (χ1n) is 7.24. The van der Waals surface area contributed by atoms with Crippen LogP contribution in [0.15, 0.2) is 18.2 Å². The van der Waals surface area contributed by atoms with Crippen LogP contribution in [0, 0.1) is 11.8 Å². The van der Waals surface area contributed by atoms with Crippen LogP contribution in [0.4, 0.5) is 0 Å². The van der Waals surface area contributed by atoms with Crippen molar-refractivity contribution < 1.29 is 4.74 Å². The zero-order chi connectivity index (χ0) is 13.7. The lowest BCUT2D eigenvalue weighted by Gasteiger charge is -2.28. The van der Waals surface area contributed by atoms with Gasteiger partial charge >= 0.3 is 0 Å². The molecule has 1 fully saturated rings. The van der Waals surface area contributed by atoms with Crippen molar-refractivity contribution >= 4 is 11.6 Å². The Morgan fingerprint density at radius 2 is 2.11 bits per heavy atom. The summed E-state index contributed by atoms with van der Waals surface area (Å²) in [5, 5.41) is 4.25. The van der Waals surface area contributed by atoms with Crippen molar-refractivity contribution in [3.63, 3.8) is 0 Å². The monoisotopic (exact) mass is 281 g/mol. The summed E-state index contributed by atoms with van der Waals surface area (Å²) in [5.74, 6) is 2.44. The minimum Gasteiger partial charge on any atom is -0.495 e. The van der Waals surface area contributed by atoms with Crippen molar-refractivity contribution in [1.29, 1.82) is 0 Å². The van der Waals surface area contributed by atoms with Crippen LogP contribution in [0.5, 0.6) is 5.75 Å². The number of halogens is 1. The predicted octanol–water partition coefficient (Wildman–Crippen LogP) is 4.26. The molecule has 0 aromatic heterocycles. The molecular formula is C16H24ClNO. The third-order valence-electron chi connectivity index (χ3n) is 4.24. The Balaban J connectivity index is 1.80. The molecule has 2 rings (SSSR count). The van der Waals surface area contributed by atoms with E-state index in [0.29, 0.717) is 5.02 Å². The highest BCUT2D eigenvalue weighted by molar-refractivity contribution is 6.32. The second kappa shape index (κ2) is 7.16. The molecule has 2 atom stereocenters. The predicted molar refractivity (Wildman–Crippen MR) is 80.8 cm³/mol. The second-order valence-electron chi connectivity index (χ2n) is 5.62. The highest BCUT2D eigenvalue weighted by Gasteiger charge is 2.20. The second-order valence-corrected chi connectivity index (χ2v) is 6.03. The van der Waals surface area contributed by atoms with Gasteiger partial charge in [-0.3, -0.25) is 0 Å². The standard InChI is InChI=1S/C16H24ClNO/c1-12-5-3-4-6-14(12)11-18-10-13-7-8-16(19-2)15(17)9-13/h7-9,12,14,18H,3-6,10-11H2,1-2H3. The molecule has 0 amide bonds. The van der Waals surface area contributed by atoms with Gasteiger partial charge in [0.15, 0.2) is 0 Å². The smallest absolute Gasteiger partial charge is 0.137 e. The Morgan fingerprint density at radius 3 is 2.79 bits per heavy atom. The number of hydrogen-bond donors (Lipinski definition) is 1. The van der Waals surface area contributed by atoms with E-state index in [1.165, 1.54) is 31.2 Å². The van der Waals surface area contributed by atoms with E-state index in [1.807, 2.05) is 12.1 Å². The summed E-state index contributed by atoms with van der Waals surface area (Å²) in [6, 6.07) is 5.99. The van der Waals surface area contributed by atoms with E-state index in [1.54, 1.807) is 7.11 Å². The summed E-state index contributed by atoms with van der Waals surface area (Å²) in [6.45, 7) is 4.38. The van der Waals surface area contributed by atoms with Crippen LogP contribution in [-0.2, 0) is 6.54 Å². The van der Waals surface area contributed by atoms with Gasteiger partial charge in [0.05, 0.1) is 12.1 Å². The SMILES string of the molecule is COc1ccc(CNCC2CCCCC2C)cc1Cl. The van der Waals surface area contributed by atoms with Crippen molar-refractivity contribution in [2.24, 2.45) is 11.8 Å². The quantitative estimate of drug-likeness (QED) is 0.870. The number of methoxy groups -OCH3 is 1. The highest BCUT2D eigenvalue weighted by atomic mass is 35.5. The van der Waals surface area contributed by atoms with Crippen LogP contribution in [0.2, 0.25) is 5.02 Å². The van der Waals surface area contributed by atoms with Gasteiger partial charge in [-0.25, -0.2) is 0 Å². The summed E-state index contributed by atoms with van der Waals surface area (Å²) in [4.78, 5) is 0. The van der Waals surface area contributed by atoms with Gasteiger partial charge in [0.2, 0.25) is 0 Å². The maximum atomic E-state index is 6.13. The summed E-state index contributed by atoms with van der Waals surface area (Å²) in [7, 11) is 1.64. The molecule has 1 N–H and O–H groups in total. The average molecular weight is 282 g/mol. The molecule has 0 radical (unpaired) electrons. The lowest BCUT2D eigenvalue weighted by Crippen LogP contribution is -2.29. The number of benzene rings is 1. The maximum absolute atomic E-state index is 6.13. The van der Waals surface area contributed by atoms with Gasteiger partial charge in [-0.2, -0.15) is 0 Å². The van der Waals surface area contributed by atoms with E-state index in [-0.39, 0.29) is 0 Å². The fourth-order valence-electron chi connectivity index (χ4n) is 2.92. The zero-order valence-corrected chi connectivity index (χ0v) is 12.7. The van der Waals surface area contributed by atoms with Crippen LogP contribution in [-0.4, -0.2) is 13.7 Å². The molecule has 1 aromatic rings. The first kappa shape index (κ1) is 14.7. The molecule has 2 nitrogen and oxygen atoms in total. The number of ether oxygens (including phenoxy) is 1. The summed E-state index contributed by atoms with van der Waals surface area (Å²) < 4.78 is 5.16. The number of nitrogens with one attached hydrogen (secondary N) is 1. The highest BCUT2D eigenvalue weighted by Crippen LogP contribution is 2.29. The molecule has 0 spiro atoms. The lowest BCUT2D eigenvalue weighted by atomic mass is 9.80. The molecule has 0 heterocycles. The first-order valence-corrected chi connectivity index (χ1v) is 7.61. The molecule has 0 bridgehead atoms. The van der Waals surface area contributed by atoms with Crippen LogP contribution in [0.25, 0.3) is 0 Å². The van der Waals surface area contributed by atoms with Gasteiger partial charge in [-0.05, 0) is 42.5 Å². The molecule has 19 heavy (non-hydrogen) atoms. The topological polar surface area (TPSA) is 21.3 Å². The Morgan fingerprint density at radius 1 is 1.32 bits per heavy atom. The minimum atomic E-state index is 0.688. The van der Waals surface area contributed by atoms with E-state index < -0.39 is 0 Å². The molecule has 1 aliphatic rings. The van der Waals surface area contributed by atoms with Gasteiger partial charge in [-0.15, -0.1) is 0 Å². The van der Waals surface area contributed by atoms with E-state index in [0.717, 1.165) is 30.7 Å². The van der Waals surface area contributed by atoms with E-state index >= 15 is 0 Å². The van der Waals surface area contributed by atoms with Crippen molar-refractivity contribution in [2.75, 3.05) is 13.7 Å². The van der Waals surface area contributed by atoms with Crippen molar-refractivity contribution in [3.8, 4) is 5.75 Å². The lowest BCUT2D eigenvalue weighted by molar-refractivity contribution is 0.247. The fraction of sp³-hybridized carbons (Fsp3) is 0.625. The van der Waals surface area contributed by atoms with Crippen LogP contribution < -0.4 is 10.1 Å². The Bertz CT molecular complexity index is 408. The summed E-state index contributed by atoms with van der Waals surface area (Å²) in [6.07, 6.45) is 5.56. The largest absolute Gasteiger partial charge is 0.495 e. The van der Waals surface area contributed by atoms with Crippen molar-refractivity contribution in [3.05, 3.63) is 28.8 Å². The van der Waals surface area contributed by atoms with Gasteiger partial charge in [-0.1, -0.05) is 43.9 Å². The van der Waals surface area contributed by atoms with Crippen LogP contribution >= 0.6 is 11.6 Å².